The molecule has 0 bridgehead atoms. The van der Waals surface area contributed by atoms with Crippen LogP contribution in [0.3, 0.4) is 0 Å². The Hall–Kier alpha value is -4.47. The van der Waals surface area contributed by atoms with E-state index in [0.29, 0.717) is 31.6 Å². The lowest BCUT2D eigenvalue weighted by atomic mass is 9.91. The van der Waals surface area contributed by atoms with Crippen LogP contribution in [0.25, 0.3) is 11.1 Å². The number of amides is 2. The maximum absolute atomic E-state index is 13.2. The molecule has 0 saturated carbocycles. The summed E-state index contributed by atoms with van der Waals surface area (Å²) in [5.74, 6) is -5.54. The second kappa shape index (κ2) is 13.5. The minimum absolute atomic E-state index is 0.0410. The maximum atomic E-state index is 13.2. The Morgan fingerprint density at radius 2 is 1.81 bits per heavy atom. The Balaban J connectivity index is 1.38. The zero-order valence-electron chi connectivity index (χ0n) is 23.6. The molecule has 0 aromatic heterocycles. The van der Waals surface area contributed by atoms with Crippen LogP contribution in [-0.2, 0) is 27.4 Å². The van der Waals surface area contributed by atoms with E-state index in [-0.39, 0.29) is 12.5 Å². The van der Waals surface area contributed by atoms with E-state index >= 15 is 0 Å². The molecule has 1 heterocycles. The molecule has 0 fully saturated rings. The maximum Gasteiger partial charge on any atom is 0.407 e. The van der Waals surface area contributed by atoms with Crippen LogP contribution < -0.4 is 15.0 Å². The molecule has 222 valence electrons. The first-order valence-electron chi connectivity index (χ1n) is 13.8. The minimum Gasteiger partial charge on any atom is -0.493 e. The molecule has 1 aliphatic rings. The molecule has 0 radical (unpaired) electrons. The fourth-order valence-electron chi connectivity index (χ4n) is 4.86. The van der Waals surface area contributed by atoms with Crippen molar-refractivity contribution in [3.05, 3.63) is 82.9 Å². The fourth-order valence-corrected chi connectivity index (χ4v) is 4.86. The van der Waals surface area contributed by atoms with Crippen molar-refractivity contribution < 1.29 is 37.7 Å². The number of ether oxygens (including phenoxy) is 2. The van der Waals surface area contributed by atoms with Gasteiger partial charge in [-0.05, 0) is 84.7 Å². The van der Waals surface area contributed by atoms with Crippen LogP contribution >= 0.6 is 0 Å². The molecule has 3 aromatic rings. The lowest BCUT2D eigenvalue weighted by Crippen LogP contribution is -2.42. The van der Waals surface area contributed by atoms with Gasteiger partial charge in [0, 0.05) is 18.7 Å². The molecule has 8 nitrogen and oxygen atoms in total. The highest BCUT2D eigenvalue weighted by atomic mass is 19.3. The van der Waals surface area contributed by atoms with Gasteiger partial charge in [0.2, 0.25) is 5.91 Å². The number of nitrogens with zero attached hydrogens (tertiary/aromatic N) is 1. The number of alkyl carbamates (subject to hydrolysis) is 1. The largest absolute Gasteiger partial charge is 0.493 e. The summed E-state index contributed by atoms with van der Waals surface area (Å²) >= 11 is 0. The van der Waals surface area contributed by atoms with Crippen molar-refractivity contribution in [2.24, 2.45) is 0 Å². The monoisotopic (exact) mass is 580 g/mol. The van der Waals surface area contributed by atoms with E-state index in [1.165, 1.54) is 0 Å². The van der Waals surface area contributed by atoms with E-state index in [0.717, 1.165) is 52.1 Å². The van der Waals surface area contributed by atoms with E-state index in [2.05, 4.69) is 0 Å². The Kier molecular flexibility index (Phi) is 9.77. The number of hydrogen-bond acceptors (Lipinski definition) is 5. The first kappa shape index (κ1) is 30.5. The van der Waals surface area contributed by atoms with E-state index in [1.807, 2.05) is 67.3 Å². The van der Waals surface area contributed by atoms with Crippen molar-refractivity contribution in [3.63, 3.8) is 0 Å². The highest BCUT2D eigenvalue weighted by molar-refractivity contribution is 5.96. The Labute approximate surface area is 243 Å². The number of anilines is 1. The average molecular weight is 581 g/mol. The van der Waals surface area contributed by atoms with Gasteiger partial charge in [0.1, 0.15) is 12.4 Å². The Morgan fingerprint density at radius 1 is 1.05 bits per heavy atom. The smallest absolute Gasteiger partial charge is 0.407 e. The molecule has 4 rings (SSSR count). The molecule has 0 saturated heterocycles. The number of carboxylic acid groups (broad SMARTS) is 1. The van der Waals surface area contributed by atoms with Gasteiger partial charge in [-0.15, -0.1) is 0 Å². The van der Waals surface area contributed by atoms with E-state index < -0.39 is 24.5 Å². The molecule has 3 aromatic carbocycles. The number of fused-ring (bicyclic) bond motifs is 1. The topological polar surface area (TPSA) is 105 Å². The number of carbonyl (C=O) groups excluding carboxylic acids is 2. The molecule has 42 heavy (non-hydrogen) atoms. The van der Waals surface area contributed by atoms with Crippen LogP contribution in [0.4, 0.5) is 19.3 Å². The van der Waals surface area contributed by atoms with E-state index in [9.17, 15) is 23.2 Å². The van der Waals surface area contributed by atoms with Crippen molar-refractivity contribution in [3.8, 4) is 16.9 Å². The van der Waals surface area contributed by atoms with Gasteiger partial charge in [0.05, 0.1) is 13.2 Å². The predicted molar refractivity (Wildman–Crippen MR) is 154 cm³/mol. The zero-order chi connectivity index (χ0) is 30.3. The molecule has 1 aliphatic heterocycles. The predicted octanol–water partition coefficient (Wildman–Crippen LogP) is 6.05. The lowest BCUT2D eigenvalue weighted by Gasteiger charge is -2.31. The number of carboxylic acids is 1. The number of aliphatic carboxylic acids is 1. The Morgan fingerprint density at radius 3 is 2.60 bits per heavy atom. The number of alkyl halides is 2. The summed E-state index contributed by atoms with van der Waals surface area (Å²) in [6, 6.07) is 19.0. The number of halogens is 2. The summed E-state index contributed by atoms with van der Waals surface area (Å²) in [5, 5.41) is 10.2. The van der Waals surface area contributed by atoms with Gasteiger partial charge in [-0.3, -0.25) is 4.79 Å². The third-order valence-corrected chi connectivity index (χ3v) is 7.27. The molecule has 10 heteroatoms. The van der Waals surface area contributed by atoms with Crippen molar-refractivity contribution >= 4 is 23.7 Å². The molecular formula is C32H34F2N2O6. The van der Waals surface area contributed by atoms with E-state index in [4.69, 9.17) is 14.6 Å². The van der Waals surface area contributed by atoms with Crippen molar-refractivity contribution in [1.29, 1.82) is 0 Å². The Bertz CT molecular complexity index is 1460. The van der Waals surface area contributed by atoms with Gasteiger partial charge >= 0.3 is 18.0 Å². The standard InChI is InChI=1S/C32H34F2N2O6/c1-21-8-3-14-28(22(21)2)41-17-7-15-29(37)36-16-6-12-26-25(11-5-13-27(26)36)24-10-4-9-23(18-24)19-42-31(40)35-20-32(33,34)30(38)39/h3-5,8-11,13-14,18H,6-7,12,15-17,19-20H2,1-2H3,(H,35,40)(H,38,39). The SMILES string of the molecule is Cc1cccc(OCCCC(=O)N2CCCc3c(-c4cccc(COC(=O)NCC(F)(F)C(=O)O)c4)cccc32)c1C. The molecule has 0 aliphatic carbocycles. The lowest BCUT2D eigenvalue weighted by molar-refractivity contribution is -0.163. The van der Waals surface area contributed by atoms with Gasteiger partial charge in [-0.1, -0.05) is 42.5 Å². The van der Waals surface area contributed by atoms with Crippen LogP contribution in [0, 0.1) is 13.8 Å². The number of benzene rings is 3. The van der Waals surface area contributed by atoms with Crippen molar-refractivity contribution in [2.75, 3.05) is 24.6 Å². The van der Waals surface area contributed by atoms with Crippen LogP contribution in [0.1, 0.15) is 41.5 Å². The second-order valence-corrected chi connectivity index (χ2v) is 10.2. The normalized spacial score (nSPS) is 12.8. The number of hydrogen-bond donors (Lipinski definition) is 2. The molecule has 0 atom stereocenters. The molecule has 0 unspecified atom stereocenters. The highest BCUT2D eigenvalue weighted by Gasteiger charge is 2.39. The summed E-state index contributed by atoms with van der Waals surface area (Å²) in [6.07, 6.45) is 1.43. The second-order valence-electron chi connectivity index (χ2n) is 10.2. The summed E-state index contributed by atoms with van der Waals surface area (Å²) in [5.41, 5.74) is 6.62. The molecule has 2 N–H and O–H groups in total. The van der Waals surface area contributed by atoms with Gasteiger partial charge in [0.25, 0.3) is 0 Å². The van der Waals surface area contributed by atoms with Gasteiger partial charge < -0.3 is 24.8 Å². The minimum atomic E-state index is -4.09. The number of rotatable bonds is 11. The summed E-state index contributed by atoms with van der Waals surface area (Å²) in [6.45, 7) is 3.58. The van der Waals surface area contributed by atoms with Gasteiger partial charge in [-0.25, -0.2) is 9.59 Å². The summed E-state index contributed by atoms with van der Waals surface area (Å²) in [7, 11) is 0. The van der Waals surface area contributed by atoms with Crippen LogP contribution in [0.15, 0.2) is 60.7 Å². The highest BCUT2D eigenvalue weighted by Crippen LogP contribution is 2.36. The third kappa shape index (κ3) is 7.43. The summed E-state index contributed by atoms with van der Waals surface area (Å²) < 4.78 is 37.3. The summed E-state index contributed by atoms with van der Waals surface area (Å²) in [4.78, 5) is 37.4. The molecule has 2 amide bonds. The zero-order valence-corrected chi connectivity index (χ0v) is 23.6. The first-order valence-corrected chi connectivity index (χ1v) is 13.8. The third-order valence-electron chi connectivity index (χ3n) is 7.27. The number of aryl methyl sites for hydroxylation is 1. The van der Waals surface area contributed by atoms with Crippen molar-refractivity contribution in [2.45, 2.75) is 52.1 Å². The quantitative estimate of drug-likeness (QED) is 0.268. The molecular weight excluding hydrogens is 546 g/mol. The van der Waals surface area contributed by atoms with Gasteiger partial charge in [-0.2, -0.15) is 8.78 Å². The number of nitrogens with one attached hydrogen (secondary N) is 1. The average Bonchev–Trinajstić information content (AvgIpc) is 2.98. The van der Waals surface area contributed by atoms with Crippen LogP contribution in [0.2, 0.25) is 0 Å². The number of carbonyl (C=O) groups is 3. The van der Waals surface area contributed by atoms with Crippen LogP contribution in [-0.4, -0.2) is 48.7 Å². The van der Waals surface area contributed by atoms with Crippen molar-refractivity contribution in [1.82, 2.24) is 5.32 Å². The van der Waals surface area contributed by atoms with Gasteiger partial charge in [0.15, 0.2) is 0 Å². The molecule has 0 spiro atoms. The van der Waals surface area contributed by atoms with E-state index in [1.54, 1.807) is 17.4 Å². The van der Waals surface area contributed by atoms with Crippen LogP contribution in [0.5, 0.6) is 5.75 Å². The fraction of sp³-hybridized carbons (Fsp3) is 0.344. The first-order chi connectivity index (χ1) is 20.1.